The Morgan fingerprint density at radius 3 is 2.61 bits per heavy atom. The zero-order chi connectivity index (χ0) is 22.2. The molecule has 3 heterocycles. The third-order valence-electron chi connectivity index (χ3n) is 5.15. The highest BCUT2D eigenvalue weighted by atomic mass is 35.5. The zero-order valence-corrected chi connectivity index (χ0v) is 18.5. The molecule has 2 aromatic heterocycles. The lowest BCUT2D eigenvalue weighted by Gasteiger charge is -2.32. The van der Waals surface area contributed by atoms with Gasteiger partial charge in [0, 0.05) is 24.0 Å². The number of aromatic nitrogens is 5. The number of benzene rings is 1. The van der Waals surface area contributed by atoms with E-state index in [0.29, 0.717) is 49.0 Å². The summed E-state index contributed by atoms with van der Waals surface area (Å²) in [5.41, 5.74) is 1.06. The molecule has 3 aromatic rings. The minimum atomic E-state index is -0.527. The van der Waals surface area contributed by atoms with Gasteiger partial charge in [0.1, 0.15) is 11.4 Å². The number of hydrogen-bond donors (Lipinski definition) is 1. The number of rotatable bonds is 3. The minimum Gasteiger partial charge on any atom is -0.492 e. The predicted molar refractivity (Wildman–Crippen MR) is 115 cm³/mol. The first-order chi connectivity index (χ1) is 14.7. The van der Waals surface area contributed by atoms with Gasteiger partial charge in [0.2, 0.25) is 5.88 Å². The minimum absolute atomic E-state index is 0.0117. The average molecular weight is 445 g/mol. The molecule has 0 saturated carbocycles. The first-order valence-electron chi connectivity index (χ1n) is 10.2. The van der Waals surface area contributed by atoms with Crippen LogP contribution in [0.5, 0.6) is 5.88 Å². The fraction of sp³-hybridized carbons (Fsp3) is 0.476. The second kappa shape index (κ2) is 8.30. The lowest BCUT2D eigenvalue weighted by atomic mass is 9.96. The van der Waals surface area contributed by atoms with Crippen molar-refractivity contribution < 1.29 is 14.6 Å². The highest BCUT2D eigenvalue weighted by Gasteiger charge is 2.29. The van der Waals surface area contributed by atoms with E-state index >= 15 is 0 Å². The van der Waals surface area contributed by atoms with Crippen molar-refractivity contribution in [2.45, 2.75) is 51.7 Å². The summed E-state index contributed by atoms with van der Waals surface area (Å²) >= 11 is 6.27. The number of piperidine rings is 1. The molecule has 1 aliphatic heterocycles. The third kappa shape index (κ3) is 4.71. The molecule has 1 N–H and O–H groups in total. The van der Waals surface area contributed by atoms with E-state index in [-0.39, 0.29) is 23.4 Å². The van der Waals surface area contributed by atoms with Crippen LogP contribution in [0.3, 0.4) is 0 Å². The summed E-state index contributed by atoms with van der Waals surface area (Å²) in [6, 6.07) is 7.48. The maximum Gasteiger partial charge on any atom is 0.410 e. The van der Waals surface area contributed by atoms with E-state index in [1.54, 1.807) is 9.58 Å². The van der Waals surface area contributed by atoms with Gasteiger partial charge in [-0.15, -0.1) is 5.10 Å². The average Bonchev–Trinajstić information content (AvgIpc) is 3.12. The van der Waals surface area contributed by atoms with Gasteiger partial charge in [0.05, 0.1) is 6.54 Å². The van der Waals surface area contributed by atoms with Gasteiger partial charge in [0.25, 0.3) is 0 Å². The van der Waals surface area contributed by atoms with Crippen molar-refractivity contribution in [2.24, 2.45) is 0 Å². The van der Waals surface area contributed by atoms with Crippen molar-refractivity contribution >= 4 is 28.9 Å². The lowest BCUT2D eigenvalue weighted by molar-refractivity contribution is 0.0203. The summed E-state index contributed by atoms with van der Waals surface area (Å²) in [7, 11) is 0. The maximum absolute atomic E-state index is 12.3. The number of likely N-dealkylation sites (tertiary alicyclic amines) is 1. The standard InChI is InChI=1S/C21H25ClN6O3/c1-21(2,3)31-20(30)27-10-8-13(9-11-27)17-23-18-16(19(29)24-17)25-26-28(18)12-14-6-4-5-7-15(14)22/h4-7,13H,8-12H2,1-3H3,(H,23,24,29). The largest absolute Gasteiger partial charge is 0.492 e. The van der Waals surface area contributed by atoms with Crippen LogP contribution in [0, 0.1) is 0 Å². The SMILES string of the molecule is CC(C)(C)OC(=O)N1CCC(c2nc(O)c3nnn(Cc4ccccc4Cl)c3n2)CC1. The van der Waals surface area contributed by atoms with E-state index in [1.807, 2.05) is 45.0 Å². The number of carbonyl (C=O) groups is 1. The summed E-state index contributed by atoms with van der Waals surface area (Å²) in [4.78, 5) is 22.9. The first kappa shape index (κ1) is 21.3. The van der Waals surface area contributed by atoms with E-state index < -0.39 is 5.60 Å². The van der Waals surface area contributed by atoms with Crippen LogP contribution in [-0.4, -0.2) is 59.8 Å². The van der Waals surface area contributed by atoms with Crippen LogP contribution in [0.1, 0.15) is 50.9 Å². The van der Waals surface area contributed by atoms with E-state index in [0.717, 1.165) is 5.56 Å². The van der Waals surface area contributed by atoms with Gasteiger partial charge >= 0.3 is 6.09 Å². The van der Waals surface area contributed by atoms with Crippen LogP contribution in [-0.2, 0) is 11.3 Å². The lowest BCUT2D eigenvalue weighted by Crippen LogP contribution is -2.41. The molecule has 4 rings (SSSR count). The molecule has 1 aromatic carbocycles. The molecule has 0 bridgehead atoms. The maximum atomic E-state index is 12.3. The van der Waals surface area contributed by atoms with Gasteiger partial charge in [-0.05, 0) is 45.2 Å². The number of aromatic hydroxyl groups is 1. The molecule has 0 aliphatic carbocycles. The van der Waals surface area contributed by atoms with Gasteiger partial charge in [-0.1, -0.05) is 35.0 Å². The van der Waals surface area contributed by atoms with E-state index in [2.05, 4.69) is 20.3 Å². The van der Waals surface area contributed by atoms with Crippen LogP contribution >= 0.6 is 11.6 Å². The second-order valence-electron chi connectivity index (χ2n) is 8.66. The van der Waals surface area contributed by atoms with E-state index in [4.69, 9.17) is 16.3 Å². The molecule has 10 heteroatoms. The van der Waals surface area contributed by atoms with Crippen molar-refractivity contribution in [1.29, 1.82) is 0 Å². The van der Waals surface area contributed by atoms with Crippen molar-refractivity contribution in [3.8, 4) is 5.88 Å². The van der Waals surface area contributed by atoms with Gasteiger partial charge < -0.3 is 14.7 Å². The molecular formula is C21H25ClN6O3. The Hall–Kier alpha value is -2.94. The molecular weight excluding hydrogens is 420 g/mol. The Labute approximate surface area is 185 Å². The number of carbonyl (C=O) groups excluding carboxylic acids is 1. The Morgan fingerprint density at radius 1 is 1.23 bits per heavy atom. The fourth-order valence-electron chi connectivity index (χ4n) is 3.58. The predicted octanol–water partition coefficient (Wildman–Crippen LogP) is 3.74. The molecule has 1 aliphatic rings. The summed E-state index contributed by atoms with van der Waals surface area (Å²) in [6.45, 7) is 7.01. The van der Waals surface area contributed by atoms with E-state index in [1.165, 1.54) is 0 Å². The van der Waals surface area contributed by atoms with Crippen LogP contribution in [0.15, 0.2) is 24.3 Å². The van der Waals surface area contributed by atoms with Crippen LogP contribution < -0.4 is 0 Å². The van der Waals surface area contributed by atoms with Gasteiger partial charge in [-0.3, -0.25) is 0 Å². The molecule has 0 radical (unpaired) electrons. The Kier molecular flexibility index (Phi) is 5.70. The molecule has 0 unspecified atom stereocenters. The fourth-order valence-corrected chi connectivity index (χ4v) is 3.78. The zero-order valence-electron chi connectivity index (χ0n) is 17.7. The number of fused-ring (bicyclic) bond motifs is 1. The van der Waals surface area contributed by atoms with Crippen LogP contribution in [0.4, 0.5) is 4.79 Å². The van der Waals surface area contributed by atoms with Gasteiger partial charge in [-0.25, -0.2) is 14.5 Å². The monoisotopic (exact) mass is 444 g/mol. The van der Waals surface area contributed by atoms with Crippen LogP contribution in [0.25, 0.3) is 11.2 Å². The van der Waals surface area contributed by atoms with Gasteiger partial charge in [0.15, 0.2) is 11.2 Å². The van der Waals surface area contributed by atoms with Crippen molar-refractivity contribution in [1.82, 2.24) is 29.9 Å². The van der Waals surface area contributed by atoms with Gasteiger partial charge in [-0.2, -0.15) is 4.98 Å². The normalized spacial score (nSPS) is 15.4. The van der Waals surface area contributed by atoms with Crippen LogP contribution in [0.2, 0.25) is 5.02 Å². The third-order valence-corrected chi connectivity index (χ3v) is 5.52. The second-order valence-corrected chi connectivity index (χ2v) is 9.06. The Bertz CT molecular complexity index is 1100. The van der Waals surface area contributed by atoms with Crippen molar-refractivity contribution in [3.63, 3.8) is 0 Å². The summed E-state index contributed by atoms with van der Waals surface area (Å²) in [5.74, 6) is 0.342. The van der Waals surface area contributed by atoms with Crippen molar-refractivity contribution in [3.05, 3.63) is 40.7 Å². The highest BCUT2D eigenvalue weighted by molar-refractivity contribution is 6.31. The van der Waals surface area contributed by atoms with Crippen molar-refractivity contribution in [2.75, 3.05) is 13.1 Å². The highest BCUT2D eigenvalue weighted by Crippen LogP contribution is 2.30. The summed E-state index contributed by atoms with van der Waals surface area (Å²) in [6.07, 6.45) is 1.04. The first-order valence-corrected chi connectivity index (χ1v) is 10.6. The molecule has 1 amide bonds. The summed E-state index contributed by atoms with van der Waals surface area (Å²) in [5, 5.41) is 19.2. The van der Waals surface area contributed by atoms with E-state index in [9.17, 15) is 9.90 Å². The molecule has 0 atom stereocenters. The quantitative estimate of drug-likeness (QED) is 0.655. The Morgan fingerprint density at radius 2 is 1.94 bits per heavy atom. The number of ether oxygens (including phenoxy) is 1. The number of nitrogens with zero attached hydrogens (tertiary/aromatic N) is 6. The number of halogens is 1. The number of hydrogen-bond acceptors (Lipinski definition) is 7. The summed E-state index contributed by atoms with van der Waals surface area (Å²) < 4.78 is 7.06. The molecule has 1 saturated heterocycles. The molecule has 31 heavy (non-hydrogen) atoms. The molecule has 1 fully saturated rings. The Balaban J connectivity index is 1.53. The molecule has 0 spiro atoms. The topological polar surface area (TPSA) is 106 Å². The number of amides is 1. The smallest absolute Gasteiger partial charge is 0.410 e. The molecule has 9 nitrogen and oxygen atoms in total. The molecule has 164 valence electrons.